The van der Waals surface area contributed by atoms with Gasteiger partial charge in [0.2, 0.25) is 0 Å². The van der Waals surface area contributed by atoms with Crippen molar-refractivity contribution in [1.82, 2.24) is 4.90 Å². The molecule has 0 aromatic heterocycles. The average molecular weight is 252 g/mol. The van der Waals surface area contributed by atoms with Crippen molar-refractivity contribution >= 4 is 0 Å². The zero-order valence-corrected chi connectivity index (χ0v) is 11.1. The zero-order chi connectivity index (χ0) is 13.1. The summed E-state index contributed by atoms with van der Waals surface area (Å²) in [6, 6.07) is 19.7. The Balaban J connectivity index is 1.69. The van der Waals surface area contributed by atoms with Crippen LogP contribution < -0.4 is 5.73 Å². The minimum Gasteiger partial charge on any atom is -0.326 e. The fourth-order valence-corrected chi connectivity index (χ4v) is 2.70. The smallest absolute Gasteiger partial charge is 0.0234 e. The quantitative estimate of drug-likeness (QED) is 0.910. The van der Waals surface area contributed by atoms with Gasteiger partial charge in [0.25, 0.3) is 0 Å². The molecule has 0 saturated carbocycles. The summed E-state index contributed by atoms with van der Waals surface area (Å²) in [6.45, 7) is 3.17. The number of likely N-dealkylation sites (tertiary alicyclic amines) is 1. The monoisotopic (exact) mass is 252 g/mol. The molecule has 1 heterocycles. The molecule has 3 rings (SSSR count). The molecule has 1 saturated heterocycles. The summed E-state index contributed by atoms with van der Waals surface area (Å²) in [7, 11) is 0. The van der Waals surface area contributed by atoms with Crippen LogP contribution in [0.1, 0.15) is 12.0 Å². The maximum absolute atomic E-state index is 5.94. The Labute approximate surface area is 114 Å². The van der Waals surface area contributed by atoms with E-state index in [0.29, 0.717) is 6.04 Å². The van der Waals surface area contributed by atoms with Crippen LogP contribution in [0.5, 0.6) is 0 Å². The second-order valence-corrected chi connectivity index (χ2v) is 5.35. The Hall–Kier alpha value is -1.64. The third-order valence-corrected chi connectivity index (χ3v) is 3.78. The van der Waals surface area contributed by atoms with Gasteiger partial charge in [-0.3, -0.25) is 4.90 Å². The van der Waals surface area contributed by atoms with E-state index < -0.39 is 0 Å². The fraction of sp³-hybridized carbons (Fsp3) is 0.294. The largest absolute Gasteiger partial charge is 0.326 e. The van der Waals surface area contributed by atoms with Crippen molar-refractivity contribution in [3.8, 4) is 11.1 Å². The van der Waals surface area contributed by atoms with Gasteiger partial charge in [-0.05, 0) is 23.1 Å². The van der Waals surface area contributed by atoms with Crippen molar-refractivity contribution in [2.75, 3.05) is 13.1 Å². The van der Waals surface area contributed by atoms with E-state index in [4.69, 9.17) is 5.73 Å². The third kappa shape index (κ3) is 3.03. The highest BCUT2D eigenvalue weighted by molar-refractivity contribution is 5.63. The van der Waals surface area contributed by atoms with E-state index in [2.05, 4.69) is 59.5 Å². The Morgan fingerprint density at radius 1 is 0.947 bits per heavy atom. The molecule has 19 heavy (non-hydrogen) atoms. The highest BCUT2D eigenvalue weighted by Crippen LogP contribution is 2.20. The molecule has 1 aliphatic heterocycles. The zero-order valence-electron chi connectivity index (χ0n) is 11.1. The van der Waals surface area contributed by atoms with Crippen LogP contribution in [-0.4, -0.2) is 24.0 Å². The molecule has 1 atom stereocenters. The Kier molecular flexibility index (Phi) is 3.62. The molecule has 98 valence electrons. The lowest BCUT2D eigenvalue weighted by Gasteiger charge is -2.15. The van der Waals surface area contributed by atoms with Crippen LogP contribution in [0.2, 0.25) is 0 Å². The summed E-state index contributed by atoms with van der Waals surface area (Å²) < 4.78 is 0. The topological polar surface area (TPSA) is 29.3 Å². The fourth-order valence-electron chi connectivity index (χ4n) is 2.70. The first-order valence-electron chi connectivity index (χ1n) is 6.93. The summed E-state index contributed by atoms with van der Waals surface area (Å²) in [4.78, 5) is 2.43. The predicted molar refractivity (Wildman–Crippen MR) is 79.7 cm³/mol. The summed E-state index contributed by atoms with van der Waals surface area (Å²) in [5, 5.41) is 0. The van der Waals surface area contributed by atoms with E-state index >= 15 is 0 Å². The van der Waals surface area contributed by atoms with Crippen LogP contribution in [0, 0.1) is 0 Å². The minimum absolute atomic E-state index is 0.364. The van der Waals surface area contributed by atoms with E-state index in [1.165, 1.54) is 16.7 Å². The van der Waals surface area contributed by atoms with Gasteiger partial charge in [0, 0.05) is 25.7 Å². The van der Waals surface area contributed by atoms with Gasteiger partial charge in [-0.1, -0.05) is 54.6 Å². The van der Waals surface area contributed by atoms with Crippen LogP contribution in [0.4, 0.5) is 0 Å². The van der Waals surface area contributed by atoms with Gasteiger partial charge in [-0.15, -0.1) is 0 Å². The van der Waals surface area contributed by atoms with E-state index in [1.54, 1.807) is 0 Å². The number of benzene rings is 2. The number of rotatable bonds is 3. The number of hydrogen-bond acceptors (Lipinski definition) is 2. The molecule has 0 bridgehead atoms. The second kappa shape index (κ2) is 5.55. The number of nitrogens with two attached hydrogens (primary N) is 1. The van der Waals surface area contributed by atoms with E-state index in [1.807, 2.05) is 0 Å². The highest BCUT2D eigenvalue weighted by Gasteiger charge is 2.18. The summed E-state index contributed by atoms with van der Waals surface area (Å²) in [5.41, 5.74) is 9.86. The minimum atomic E-state index is 0.364. The Morgan fingerprint density at radius 3 is 2.26 bits per heavy atom. The summed E-state index contributed by atoms with van der Waals surface area (Å²) in [5.74, 6) is 0. The second-order valence-electron chi connectivity index (χ2n) is 5.35. The number of hydrogen-bond donors (Lipinski definition) is 1. The molecule has 1 unspecified atom stereocenters. The van der Waals surface area contributed by atoms with Crippen molar-refractivity contribution < 1.29 is 0 Å². The average Bonchev–Trinajstić information content (AvgIpc) is 2.86. The van der Waals surface area contributed by atoms with Crippen molar-refractivity contribution in [1.29, 1.82) is 0 Å². The van der Waals surface area contributed by atoms with E-state index in [-0.39, 0.29) is 0 Å². The first kappa shape index (κ1) is 12.4. The Bertz CT molecular complexity index is 519. The molecule has 0 radical (unpaired) electrons. The molecule has 0 spiro atoms. The SMILES string of the molecule is NC1CCN(Cc2ccc(-c3ccccc3)cc2)C1. The molecule has 1 aliphatic rings. The standard InChI is InChI=1S/C17H20N2/c18-17-10-11-19(13-17)12-14-6-8-16(9-7-14)15-4-2-1-3-5-15/h1-9,17H,10-13,18H2. The molecular formula is C17H20N2. The normalized spacial score (nSPS) is 19.7. The maximum Gasteiger partial charge on any atom is 0.0234 e. The van der Waals surface area contributed by atoms with E-state index in [9.17, 15) is 0 Å². The molecule has 2 N–H and O–H groups in total. The number of nitrogens with zero attached hydrogens (tertiary/aromatic N) is 1. The van der Waals surface area contributed by atoms with Gasteiger partial charge in [-0.2, -0.15) is 0 Å². The van der Waals surface area contributed by atoms with Gasteiger partial charge in [-0.25, -0.2) is 0 Å². The molecule has 2 aromatic rings. The van der Waals surface area contributed by atoms with E-state index in [0.717, 1.165) is 26.1 Å². The summed E-state index contributed by atoms with van der Waals surface area (Å²) >= 11 is 0. The molecule has 2 nitrogen and oxygen atoms in total. The van der Waals surface area contributed by atoms with Crippen molar-refractivity contribution in [2.24, 2.45) is 5.73 Å². The maximum atomic E-state index is 5.94. The van der Waals surface area contributed by atoms with Gasteiger partial charge < -0.3 is 5.73 Å². The molecule has 0 aliphatic carbocycles. The van der Waals surface area contributed by atoms with Gasteiger partial charge >= 0.3 is 0 Å². The van der Waals surface area contributed by atoms with Crippen LogP contribution in [0.15, 0.2) is 54.6 Å². The lowest BCUT2D eigenvalue weighted by molar-refractivity contribution is 0.327. The highest BCUT2D eigenvalue weighted by atomic mass is 15.2. The Morgan fingerprint density at radius 2 is 1.63 bits per heavy atom. The van der Waals surface area contributed by atoms with Gasteiger partial charge in [0.05, 0.1) is 0 Å². The summed E-state index contributed by atoms with van der Waals surface area (Å²) in [6.07, 6.45) is 1.13. The molecule has 2 heteroatoms. The third-order valence-electron chi connectivity index (χ3n) is 3.78. The van der Waals surface area contributed by atoms with Gasteiger partial charge in [0.1, 0.15) is 0 Å². The van der Waals surface area contributed by atoms with Crippen molar-refractivity contribution in [2.45, 2.75) is 19.0 Å². The molecule has 0 amide bonds. The predicted octanol–water partition coefficient (Wildman–Crippen LogP) is 2.89. The van der Waals surface area contributed by atoms with Crippen LogP contribution in [0.3, 0.4) is 0 Å². The van der Waals surface area contributed by atoms with Crippen LogP contribution >= 0.6 is 0 Å². The first-order chi connectivity index (χ1) is 9.31. The van der Waals surface area contributed by atoms with Crippen molar-refractivity contribution in [3.05, 3.63) is 60.2 Å². The molecule has 1 fully saturated rings. The lowest BCUT2D eigenvalue weighted by Crippen LogP contribution is -2.26. The van der Waals surface area contributed by atoms with Gasteiger partial charge in [0.15, 0.2) is 0 Å². The van der Waals surface area contributed by atoms with Crippen molar-refractivity contribution in [3.63, 3.8) is 0 Å². The first-order valence-corrected chi connectivity index (χ1v) is 6.93. The van der Waals surface area contributed by atoms with Crippen LogP contribution in [-0.2, 0) is 6.54 Å². The molecule has 2 aromatic carbocycles. The lowest BCUT2D eigenvalue weighted by atomic mass is 10.0. The van der Waals surface area contributed by atoms with Crippen LogP contribution in [0.25, 0.3) is 11.1 Å². The molecular weight excluding hydrogens is 232 g/mol.